The number of benzene rings is 1. The van der Waals surface area contributed by atoms with Crippen LogP contribution in [-0.2, 0) is 6.42 Å². The van der Waals surface area contributed by atoms with Crippen molar-refractivity contribution in [2.45, 2.75) is 25.3 Å². The summed E-state index contributed by atoms with van der Waals surface area (Å²) in [5, 5.41) is 13.9. The van der Waals surface area contributed by atoms with Gasteiger partial charge in [0.2, 0.25) is 0 Å². The summed E-state index contributed by atoms with van der Waals surface area (Å²) in [6, 6.07) is 10.1. The molecule has 1 aliphatic carbocycles. The molecule has 1 fully saturated rings. The number of hydrogen-bond donors (Lipinski definition) is 2. The second-order valence-corrected chi connectivity index (χ2v) is 5.35. The summed E-state index contributed by atoms with van der Waals surface area (Å²) in [5.41, 5.74) is 1.37. The predicted octanol–water partition coefficient (Wildman–Crippen LogP) is 2.16. The first-order valence-corrected chi connectivity index (χ1v) is 7.33. The standard InChI is InChI=1S/C16H17FN4O/c17-12-3-1-11(2-4-12)9-10-18-15-8-7-14(20-21-15)16(22)19-13-5-6-13/h1-4,7-8,13H,5-6,9-10H2,(H,18,21)(H,19,22). The molecule has 2 N–H and O–H groups in total. The van der Waals surface area contributed by atoms with Crippen molar-refractivity contribution in [3.05, 3.63) is 53.5 Å². The quantitative estimate of drug-likeness (QED) is 0.858. The molecule has 1 aromatic carbocycles. The van der Waals surface area contributed by atoms with Gasteiger partial charge < -0.3 is 10.6 Å². The molecule has 3 rings (SSSR count). The van der Waals surface area contributed by atoms with Crippen molar-refractivity contribution >= 4 is 11.7 Å². The van der Waals surface area contributed by atoms with Crippen LogP contribution in [0.5, 0.6) is 0 Å². The molecule has 0 radical (unpaired) electrons. The van der Waals surface area contributed by atoms with Crippen molar-refractivity contribution in [3.8, 4) is 0 Å². The van der Waals surface area contributed by atoms with Crippen molar-refractivity contribution in [1.82, 2.24) is 15.5 Å². The number of rotatable bonds is 6. The number of anilines is 1. The minimum Gasteiger partial charge on any atom is -0.368 e. The third-order valence-corrected chi connectivity index (χ3v) is 3.44. The van der Waals surface area contributed by atoms with Gasteiger partial charge in [0.15, 0.2) is 5.69 Å². The number of aromatic nitrogens is 2. The van der Waals surface area contributed by atoms with E-state index in [0.717, 1.165) is 24.8 Å². The lowest BCUT2D eigenvalue weighted by molar-refractivity contribution is 0.0945. The largest absolute Gasteiger partial charge is 0.368 e. The van der Waals surface area contributed by atoms with Crippen molar-refractivity contribution in [3.63, 3.8) is 0 Å². The molecule has 0 spiro atoms. The Morgan fingerprint density at radius 1 is 1.14 bits per heavy atom. The first-order valence-electron chi connectivity index (χ1n) is 7.33. The van der Waals surface area contributed by atoms with Crippen LogP contribution >= 0.6 is 0 Å². The Kier molecular flexibility index (Phi) is 4.27. The Labute approximate surface area is 128 Å². The van der Waals surface area contributed by atoms with E-state index in [1.807, 2.05) is 0 Å². The lowest BCUT2D eigenvalue weighted by Crippen LogP contribution is -2.26. The van der Waals surface area contributed by atoms with Gasteiger partial charge in [-0.15, -0.1) is 10.2 Å². The monoisotopic (exact) mass is 300 g/mol. The average molecular weight is 300 g/mol. The average Bonchev–Trinajstić information content (AvgIpc) is 3.34. The van der Waals surface area contributed by atoms with Crippen LogP contribution in [0.4, 0.5) is 10.2 Å². The lowest BCUT2D eigenvalue weighted by atomic mass is 10.1. The summed E-state index contributed by atoms with van der Waals surface area (Å²) in [7, 11) is 0. The van der Waals surface area contributed by atoms with E-state index in [4.69, 9.17) is 0 Å². The lowest BCUT2D eigenvalue weighted by Gasteiger charge is -2.06. The Balaban J connectivity index is 1.48. The number of hydrogen-bond acceptors (Lipinski definition) is 4. The van der Waals surface area contributed by atoms with Gasteiger partial charge in [0.25, 0.3) is 5.91 Å². The molecule has 114 valence electrons. The van der Waals surface area contributed by atoms with Crippen LogP contribution < -0.4 is 10.6 Å². The molecule has 1 aromatic heterocycles. The molecule has 0 saturated heterocycles. The highest BCUT2D eigenvalue weighted by Gasteiger charge is 2.24. The van der Waals surface area contributed by atoms with Crippen LogP contribution in [0.15, 0.2) is 36.4 Å². The summed E-state index contributed by atoms with van der Waals surface area (Å²) in [4.78, 5) is 11.8. The molecule has 1 heterocycles. The fraction of sp³-hybridized carbons (Fsp3) is 0.312. The summed E-state index contributed by atoms with van der Waals surface area (Å²) >= 11 is 0. The van der Waals surface area contributed by atoms with Gasteiger partial charge in [-0.2, -0.15) is 0 Å². The first-order chi connectivity index (χ1) is 10.7. The maximum absolute atomic E-state index is 12.8. The van der Waals surface area contributed by atoms with E-state index < -0.39 is 0 Å². The van der Waals surface area contributed by atoms with Crippen LogP contribution in [0.1, 0.15) is 28.9 Å². The second-order valence-electron chi connectivity index (χ2n) is 5.35. The maximum Gasteiger partial charge on any atom is 0.272 e. The SMILES string of the molecule is O=C(NC1CC1)c1ccc(NCCc2ccc(F)cc2)nn1. The van der Waals surface area contributed by atoms with E-state index >= 15 is 0 Å². The van der Waals surface area contributed by atoms with Crippen LogP contribution in [0.3, 0.4) is 0 Å². The van der Waals surface area contributed by atoms with E-state index in [-0.39, 0.29) is 11.7 Å². The Bertz CT molecular complexity index is 638. The zero-order valence-corrected chi connectivity index (χ0v) is 12.1. The predicted molar refractivity (Wildman–Crippen MR) is 81.1 cm³/mol. The van der Waals surface area contributed by atoms with Crippen LogP contribution in [0.25, 0.3) is 0 Å². The third kappa shape index (κ3) is 4.00. The van der Waals surface area contributed by atoms with Gasteiger partial charge in [-0.05, 0) is 49.1 Å². The fourth-order valence-corrected chi connectivity index (χ4v) is 2.02. The number of carbonyl (C=O) groups excluding carboxylic acids is 1. The van der Waals surface area contributed by atoms with Gasteiger partial charge in [0, 0.05) is 12.6 Å². The molecule has 1 aliphatic rings. The normalized spacial score (nSPS) is 13.7. The summed E-state index contributed by atoms with van der Waals surface area (Å²) in [6.07, 6.45) is 2.84. The smallest absolute Gasteiger partial charge is 0.272 e. The van der Waals surface area contributed by atoms with E-state index in [1.165, 1.54) is 12.1 Å². The summed E-state index contributed by atoms with van der Waals surface area (Å²) in [6.45, 7) is 0.661. The van der Waals surface area contributed by atoms with Crippen molar-refractivity contribution in [2.24, 2.45) is 0 Å². The zero-order chi connectivity index (χ0) is 15.4. The van der Waals surface area contributed by atoms with Crippen LogP contribution in [-0.4, -0.2) is 28.7 Å². The van der Waals surface area contributed by atoms with Crippen LogP contribution in [0, 0.1) is 5.82 Å². The molecule has 22 heavy (non-hydrogen) atoms. The van der Waals surface area contributed by atoms with Gasteiger partial charge in [-0.3, -0.25) is 4.79 Å². The fourth-order valence-electron chi connectivity index (χ4n) is 2.02. The highest BCUT2D eigenvalue weighted by Crippen LogP contribution is 2.19. The molecule has 5 nitrogen and oxygen atoms in total. The molecule has 0 bridgehead atoms. The Morgan fingerprint density at radius 2 is 1.91 bits per heavy atom. The number of nitrogens with one attached hydrogen (secondary N) is 2. The number of halogens is 1. The minimum atomic E-state index is -0.234. The second kappa shape index (κ2) is 6.51. The molecular weight excluding hydrogens is 283 g/mol. The highest BCUT2D eigenvalue weighted by molar-refractivity contribution is 5.92. The third-order valence-electron chi connectivity index (χ3n) is 3.44. The highest BCUT2D eigenvalue weighted by atomic mass is 19.1. The van der Waals surface area contributed by atoms with Gasteiger partial charge in [-0.1, -0.05) is 12.1 Å². The van der Waals surface area contributed by atoms with Crippen molar-refractivity contribution < 1.29 is 9.18 Å². The van der Waals surface area contributed by atoms with E-state index in [9.17, 15) is 9.18 Å². The molecule has 1 amide bonds. The van der Waals surface area contributed by atoms with Crippen molar-refractivity contribution in [1.29, 1.82) is 0 Å². The molecule has 0 unspecified atom stereocenters. The summed E-state index contributed by atoms with van der Waals surface area (Å²) < 4.78 is 12.8. The number of carbonyl (C=O) groups is 1. The molecule has 0 aliphatic heterocycles. The first kappa shape index (κ1) is 14.4. The van der Waals surface area contributed by atoms with Crippen molar-refractivity contribution in [2.75, 3.05) is 11.9 Å². The Morgan fingerprint density at radius 3 is 2.55 bits per heavy atom. The van der Waals surface area contributed by atoms with E-state index in [1.54, 1.807) is 24.3 Å². The number of amides is 1. The number of nitrogens with zero attached hydrogens (tertiary/aromatic N) is 2. The summed E-state index contributed by atoms with van der Waals surface area (Å²) in [5.74, 6) is 0.209. The van der Waals surface area contributed by atoms with Gasteiger partial charge in [0.05, 0.1) is 0 Å². The topological polar surface area (TPSA) is 66.9 Å². The molecule has 2 aromatic rings. The van der Waals surface area contributed by atoms with E-state index in [2.05, 4.69) is 20.8 Å². The van der Waals surface area contributed by atoms with Gasteiger partial charge in [0.1, 0.15) is 11.6 Å². The molecule has 0 atom stereocenters. The molecule has 6 heteroatoms. The van der Waals surface area contributed by atoms with Gasteiger partial charge in [-0.25, -0.2) is 4.39 Å². The Hall–Kier alpha value is -2.50. The molecule has 1 saturated carbocycles. The molecular formula is C16H17FN4O. The van der Waals surface area contributed by atoms with Gasteiger partial charge >= 0.3 is 0 Å². The van der Waals surface area contributed by atoms with E-state index in [0.29, 0.717) is 24.1 Å². The van der Waals surface area contributed by atoms with Crippen LogP contribution in [0.2, 0.25) is 0 Å². The minimum absolute atomic E-state index is 0.173. The maximum atomic E-state index is 12.8. The zero-order valence-electron chi connectivity index (χ0n) is 12.1.